The van der Waals surface area contributed by atoms with Gasteiger partial charge in [-0.05, 0) is 95.5 Å². The van der Waals surface area contributed by atoms with Crippen LogP contribution in [0.1, 0.15) is 105 Å². The van der Waals surface area contributed by atoms with Gasteiger partial charge in [-0.1, -0.05) is 44.6 Å². The zero-order chi connectivity index (χ0) is 44.5. The van der Waals surface area contributed by atoms with Crippen LogP contribution in [0.3, 0.4) is 0 Å². The first-order chi connectivity index (χ1) is 28.3. The van der Waals surface area contributed by atoms with Gasteiger partial charge < -0.3 is 49.0 Å². The van der Waals surface area contributed by atoms with Crippen molar-refractivity contribution in [3.8, 4) is 0 Å². The number of nitrogens with zero attached hydrogens (tertiary/aromatic N) is 1. The van der Waals surface area contributed by atoms with Gasteiger partial charge >= 0.3 is 11.9 Å². The lowest BCUT2D eigenvalue weighted by Crippen LogP contribution is -2.64. The molecule has 4 N–H and O–H groups in total. The summed E-state index contributed by atoms with van der Waals surface area (Å²) in [5, 5.41) is 43.5. The number of aliphatic carboxylic acids is 1. The number of methoxy groups -OCH3 is 3. The van der Waals surface area contributed by atoms with Crippen LogP contribution in [0, 0.1) is 29.6 Å². The Morgan fingerprint density at radius 2 is 1.58 bits per heavy atom. The molecule has 1 saturated carbocycles. The summed E-state index contributed by atoms with van der Waals surface area (Å²) in [6, 6.07) is -1.19. The van der Waals surface area contributed by atoms with Crippen LogP contribution in [0.15, 0.2) is 35.5 Å². The number of carboxylic acids is 1. The monoisotopic (exact) mass is 847 g/mol. The number of allylic oxidation sites excluding steroid dienone is 4. The molecule has 60 heavy (non-hydrogen) atoms. The lowest BCUT2D eigenvalue weighted by atomic mass is 9.81. The van der Waals surface area contributed by atoms with E-state index in [1.54, 1.807) is 26.8 Å². The highest BCUT2D eigenvalue weighted by atomic mass is 16.7. The minimum Gasteiger partial charge on any atom is -0.478 e. The highest BCUT2D eigenvalue weighted by Gasteiger charge is 2.56. The van der Waals surface area contributed by atoms with Crippen molar-refractivity contribution in [2.45, 2.75) is 160 Å². The second-order valence-corrected chi connectivity index (χ2v) is 17.7. The summed E-state index contributed by atoms with van der Waals surface area (Å²) in [4.78, 5) is 69.4. The maximum Gasteiger partial charge on any atom is 0.329 e. The van der Waals surface area contributed by atoms with E-state index in [2.05, 4.69) is 0 Å². The Bertz CT molecular complexity index is 1610. The SMILES string of the molecule is CO[C@H]1C[C@@H](C)[C@@]2(O)O[C@H]1[C@H](OC)C[C@H](C)C/C(C)=C\[C@H](C/C=C/C(=O)O)C(=O)C[C@H](O)[C@@H](C)[C@@H](/C(C)=C/[C@@H]1CC[C@@H](O)[C@H](OC)C1)OC(=O)C1CCCCN1C(=O)C2=O. The van der Waals surface area contributed by atoms with E-state index < -0.39 is 95.9 Å². The summed E-state index contributed by atoms with van der Waals surface area (Å²) < 4.78 is 29.7. The van der Waals surface area contributed by atoms with Gasteiger partial charge in [-0.25, -0.2) is 9.59 Å². The summed E-state index contributed by atoms with van der Waals surface area (Å²) in [6.45, 7) is 8.95. The number of aliphatic hydroxyl groups is 3. The molecule has 0 spiro atoms. The summed E-state index contributed by atoms with van der Waals surface area (Å²) in [6.07, 6.45) is 4.16. The number of carboxylic acid groups (broad SMARTS) is 1. The van der Waals surface area contributed by atoms with Crippen molar-refractivity contribution >= 4 is 29.4 Å². The fourth-order valence-electron chi connectivity index (χ4n) is 9.56. The molecule has 4 aliphatic rings. The first kappa shape index (κ1) is 49.3. The molecule has 1 amide bonds. The number of esters is 1. The second kappa shape index (κ2) is 22.2. The number of hydrogen-bond acceptors (Lipinski definition) is 13. The highest BCUT2D eigenvalue weighted by Crippen LogP contribution is 2.39. The number of cyclic esters (lactones) is 1. The predicted molar refractivity (Wildman–Crippen MR) is 219 cm³/mol. The Labute approximate surface area is 354 Å². The zero-order valence-electron chi connectivity index (χ0n) is 36.6. The summed E-state index contributed by atoms with van der Waals surface area (Å²) in [5.41, 5.74) is 1.43. The average Bonchev–Trinajstić information content (AvgIpc) is 3.21. The zero-order valence-corrected chi connectivity index (χ0v) is 36.6. The molecular weight excluding hydrogens is 778 g/mol. The van der Waals surface area contributed by atoms with Crippen molar-refractivity contribution in [2.75, 3.05) is 27.9 Å². The number of ketones is 2. The quantitative estimate of drug-likeness (QED) is 0.117. The normalized spacial score (nSPS) is 39.6. The number of amides is 1. The van der Waals surface area contributed by atoms with Crippen molar-refractivity contribution in [3.05, 3.63) is 35.5 Å². The van der Waals surface area contributed by atoms with Gasteiger partial charge in [-0.2, -0.15) is 0 Å². The van der Waals surface area contributed by atoms with Gasteiger partial charge in [0.1, 0.15) is 24.0 Å². The van der Waals surface area contributed by atoms with Crippen LogP contribution < -0.4 is 0 Å². The van der Waals surface area contributed by atoms with Gasteiger partial charge in [0.05, 0.1) is 30.5 Å². The van der Waals surface area contributed by atoms with Gasteiger partial charge in [0.25, 0.3) is 11.7 Å². The number of fused-ring (bicyclic) bond motifs is 3. The van der Waals surface area contributed by atoms with E-state index >= 15 is 0 Å². The van der Waals surface area contributed by atoms with Crippen LogP contribution >= 0.6 is 0 Å². The lowest BCUT2D eigenvalue weighted by molar-refractivity contribution is -0.302. The highest BCUT2D eigenvalue weighted by molar-refractivity contribution is 6.39. The topological polar surface area (TPSA) is 216 Å². The van der Waals surface area contributed by atoms with Crippen molar-refractivity contribution in [1.29, 1.82) is 0 Å². The number of carbonyl (C=O) groups excluding carboxylic acids is 4. The number of Topliss-reactive ketones (excluding diaryl/α,β-unsaturated/α-hetero) is 2. The number of rotatable bonds is 8. The molecule has 0 aromatic rings. The van der Waals surface area contributed by atoms with Crippen LogP contribution in [0.4, 0.5) is 0 Å². The molecule has 1 unspecified atom stereocenters. The van der Waals surface area contributed by atoms with Crippen LogP contribution in [0.5, 0.6) is 0 Å². The van der Waals surface area contributed by atoms with Gasteiger partial charge in [0.2, 0.25) is 5.79 Å². The molecule has 3 heterocycles. The van der Waals surface area contributed by atoms with Gasteiger partial charge in [-0.3, -0.25) is 14.4 Å². The van der Waals surface area contributed by atoms with Gasteiger partial charge in [0, 0.05) is 58.1 Å². The molecule has 4 rings (SSSR count). The summed E-state index contributed by atoms with van der Waals surface area (Å²) in [7, 11) is 4.52. The predicted octanol–water partition coefficient (Wildman–Crippen LogP) is 4.09. The maximum atomic E-state index is 14.3. The van der Waals surface area contributed by atoms with E-state index in [0.29, 0.717) is 50.5 Å². The molecule has 3 aliphatic heterocycles. The minimum atomic E-state index is -2.55. The molecule has 2 saturated heterocycles. The Morgan fingerprint density at radius 3 is 2.23 bits per heavy atom. The number of aliphatic hydroxyl groups excluding tert-OH is 2. The Kier molecular flexibility index (Phi) is 18.2. The third kappa shape index (κ3) is 12.2. The second-order valence-electron chi connectivity index (χ2n) is 17.7. The van der Waals surface area contributed by atoms with E-state index in [1.807, 2.05) is 19.9 Å². The first-order valence-corrected chi connectivity index (χ1v) is 21.5. The standard InChI is InChI=1S/C45H69NO14/c1-25-18-26(2)20-37(57-7)41-38(58-8)22-28(4)45(55,60-41)42(52)43(53)46-17-10-9-13-32(46)44(54)59-40(27(3)21-30-15-16-33(47)36(23-30)56-6)29(5)34(48)24-35(49)31(19-25)12-11-14-39(50)51/h11,14,19,21,26,28-34,36-38,40-41,47-48,55H,9-10,12-13,15-18,20,22-24H2,1-8H3,(H,50,51)/b14-11+,25-19-,27-21+/t26-,28-,29-,30+,31+,32?,33-,34+,36-,37-,38+,40-,41+,45-/m1/s1. The van der Waals surface area contributed by atoms with E-state index in [0.717, 1.165) is 16.5 Å². The molecule has 0 radical (unpaired) electrons. The van der Waals surface area contributed by atoms with Crippen molar-refractivity contribution in [3.63, 3.8) is 0 Å². The van der Waals surface area contributed by atoms with E-state index in [4.69, 9.17) is 23.7 Å². The molecule has 0 aromatic carbocycles. The van der Waals surface area contributed by atoms with E-state index in [-0.39, 0.29) is 49.8 Å². The van der Waals surface area contributed by atoms with Gasteiger partial charge in [-0.15, -0.1) is 0 Å². The molecule has 15 heteroatoms. The van der Waals surface area contributed by atoms with E-state index in [1.165, 1.54) is 27.4 Å². The summed E-state index contributed by atoms with van der Waals surface area (Å²) in [5.74, 6) is -9.74. The van der Waals surface area contributed by atoms with Crippen molar-refractivity contribution < 1.29 is 68.1 Å². The Balaban J connectivity index is 1.80. The smallest absolute Gasteiger partial charge is 0.329 e. The Morgan fingerprint density at radius 1 is 0.917 bits per heavy atom. The fourth-order valence-corrected chi connectivity index (χ4v) is 9.56. The number of hydrogen-bond donors (Lipinski definition) is 4. The third-order valence-electron chi connectivity index (χ3n) is 13.1. The molecule has 1 aliphatic carbocycles. The molecule has 14 atom stereocenters. The third-order valence-corrected chi connectivity index (χ3v) is 13.1. The number of carbonyl (C=O) groups is 5. The van der Waals surface area contributed by atoms with Crippen molar-refractivity contribution in [2.24, 2.45) is 29.6 Å². The largest absolute Gasteiger partial charge is 0.478 e. The lowest BCUT2D eigenvalue weighted by Gasteiger charge is -2.47. The average molecular weight is 848 g/mol. The molecule has 0 aromatic heterocycles. The summed E-state index contributed by atoms with van der Waals surface area (Å²) >= 11 is 0. The van der Waals surface area contributed by atoms with Crippen LogP contribution in [0.25, 0.3) is 0 Å². The maximum absolute atomic E-state index is 14.3. The van der Waals surface area contributed by atoms with Gasteiger partial charge in [0.15, 0.2) is 0 Å². The number of piperidine rings is 1. The molecule has 338 valence electrons. The molecule has 3 fully saturated rings. The molecular formula is C45H69NO14. The number of ether oxygens (including phenoxy) is 5. The minimum absolute atomic E-state index is 0.0518. The first-order valence-electron chi connectivity index (χ1n) is 21.5. The van der Waals surface area contributed by atoms with Crippen LogP contribution in [0.2, 0.25) is 0 Å². The van der Waals surface area contributed by atoms with Crippen LogP contribution in [-0.2, 0) is 47.7 Å². The molecule has 15 nitrogen and oxygen atoms in total. The Hall–Kier alpha value is -3.31. The fraction of sp³-hybridized carbons (Fsp3) is 0.756. The van der Waals surface area contributed by atoms with Crippen molar-refractivity contribution in [1.82, 2.24) is 4.90 Å². The molecule has 2 bridgehead atoms. The van der Waals surface area contributed by atoms with Crippen LogP contribution in [-0.4, -0.2) is 137 Å². The van der Waals surface area contributed by atoms with E-state index in [9.17, 15) is 44.4 Å².